The second-order valence-corrected chi connectivity index (χ2v) is 6.13. The predicted molar refractivity (Wildman–Crippen MR) is 89.1 cm³/mol. The third kappa shape index (κ3) is 4.54. The summed E-state index contributed by atoms with van der Waals surface area (Å²) in [5.41, 5.74) is 1.30. The van der Waals surface area contributed by atoms with Crippen LogP contribution in [0.5, 0.6) is 5.75 Å². The molecule has 4 nitrogen and oxygen atoms in total. The molecule has 0 bridgehead atoms. The van der Waals surface area contributed by atoms with Crippen LogP contribution in [0.1, 0.15) is 18.4 Å². The van der Waals surface area contributed by atoms with E-state index in [1.807, 2.05) is 29.4 Å². The Labute approximate surface area is 141 Å². The van der Waals surface area contributed by atoms with E-state index in [1.54, 1.807) is 0 Å². The minimum atomic E-state index is -0.315. The van der Waals surface area contributed by atoms with Crippen LogP contribution < -0.4 is 4.74 Å². The number of halogens is 1. The molecule has 2 aromatic rings. The van der Waals surface area contributed by atoms with Gasteiger partial charge in [-0.2, -0.15) is 0 Å². The smallest absolute Gasteiger partial charge is 0.260 e. The highest BCUT2D eigenvalue weighted by molar-refractivity contribution is 5.77. The maximum Gasteiger partial charge on any atom is 0.260 e. The largest absolute Gasteiger partial charge is 0.484 e. The van der Waals surface area contributed by atoms with Gasteiger partial charge in [0.1, 0.15) is 11.6 Å². The van der Waals surface area contributed by atoms with Crippen molar-refractivity contribution in [3.05, 3.63) is 60.2 Å². The van der Waals surface area contributed by atoms with Crippen LogP contribution in [0.15, 0.2) is 48.8 Å². The van der Waals surface area contributed by atoms with Crippen LogP contribution >= 0.6 is 0 Å². The molecule has 5 heteroatoms. The van der Waals surface area contributed by atoms with Crippen LogP contribution in [0.4, 0.5) is 4.39 Å². The third-order valence-electron chi connectivity index (χ3n) is 4.42. The molecule has 0 radical (unpaired) electrons. The Morgan fingerprint density at radius 1 is 1.12 bits per heavy atom. The Morgan fingerprint density at radius 2 is 1.79 bits per heavy atom. The maximum atomic E-state index is 12.8. The number of aromatic nitrogens is 1. The van der Waals surface area contributed by atoms with Crippen LogP contribution in [-0.4, -0.2) is 35.5 Å². The van der Waals surface area contributed by atoms with Crippen molar-refractivity contribution in [3.8, 4) is 5.75 Å². The molecule has 1 aliphatic rings. The highest BCUT2D eigenvalue weighted by Gasteiger charge is 2.23. The zero-order valence-electron chi connectivity index (χ0n) is 13.5. The number of pyridine rings is 1. The fraction of sp³-hybridized carbons (Fsp3) is 0.368. The highest BCUT2D eigenvalue weighted by Crippen LogP contribution is 2.21. The van der Waals surface area contributed by atoms with Crippen molar-refractivity contribution in [1.82, 2.24) is 9.88 Å². The van der Waals surface area contributed by atoms with Crippen LogP contribution in [0.2, 0.25) is 0 Å². The van der Waals surface area contributed by atoms with Gasteiger partial charge in [-0.15, -0.1) is 0 Å². The Kier molecular flexibility index (Phi) is 5.41. The van der Waals surface area contributed by atoms with Gasteiger partial charge in [0.2, 0.25) is 0 Å². The molecule has 0 spiro atoms. The van der Waals surface area contributed by atoms with E-state index in [-0.39, 0.29) is 18.3 Å². The standard InChI is InChI=1S/C19H21FN2O2/c20-17-1-3-18(4-2-17)24-14-19(23)22-11-7-16(8-12-22)13-15-5-9-21-10-6-15/h1-6,9-10,16H,7-8,11-14H2. The number of carbonyl (C=O) groups is 1. The number of piperidine rings is 1. The number of rotatable bonds is 5. The van der Waals surface area contributed by atoms with Crippen molar-refractivity contribution in [2.24, 2.45) is 5.92 Å². The number of hydrogen-bond acceptors (Lipinski definition) is 3. The Hall–Kier alpha value is -2.43. The van der Waals surface area contributed by atoms with Gasteiger partial charge in [0, 0.05) is 25.5 Å². The molecule has 0 aliphatic carbocycles. The summed E-state index contributed by atoms with van der Waals surface area (Å²) in [5.74, 6) is 0.790. The van der Waals surface area contributed by atoms with Gasteiger partial charge in [0.25, 0.3) is 5.91 Å². The number of amides is 1. The summed E-state index contributed by atoms with van der Waals surface area (Å²) in [7, 11) is 0. The van der Waals surface area contributed by atoms with E-state index >= 15 is 0 Å². The quantitative estimate of drug-likeness (QED) is 0.847. The SMILES string of the molecule is O=C(COc1ccc(F)cc1)N1CCC(Cc2ccncc2)CC1. The molecule has 1 fully saturated rings. The normalized spacial score (nSPS) is 15.3. The first-order valence-electron chi connectivity index (χ1n) is 8.26. The summed E-state index contributed by atoms with van der Waals surface area (Å²) in [6, 6.07) is 9.81. The van der Waals surface area contributed by atoms with Crippen molar-refractivity contribution in [2.45, 2.75) is 19.3 Å². The van der Waals surface area contributed by atoms with Gasteiger partial charge in [-0.3, -0.25) is 9.78 Å². The number of benzene rings is 1. The molecule has 3 rings (SSSR count). The van der Waals surface area contributed by atoms with Crippen molar-refractivity contribution in [2.75, 3.05) is 19.7 Å². The first-order valence-corrected chi connectivity index (χ1v) is 8.26. The first kappa shape index (κ1) is 16.4. The van der Waals surface area contributed by atoms with Gasteiger partial charge >= 0.3 is 0 Å². The molecule has 1 aliphatic heterocycles. The van der Waals surface area contributed by atoms with Gasteiger partial charge < -0.3 is 9.64 Å². The minimum absolute atomic E-state index is 0.000649. The molecule has 1 aromatic heterocycles. The number of hydrogen-bond donors (Lipinski definition) is 0. The zero-order valence-corrected chi connectivity index (χ0v) is 13.5. The molecule has 24 heavy (non-hydrogen) atoms. The molecule has 2 heterocycles. The van der Waals surface area contributed by atoms with Crippen molar-refractivity contribution < 1.29 is 13.9 Å². The third-order valence-corrected chi connectivity index (χ3v) is 4.42. The zero-order chi connectivity index (χ0) is 16.8. The molecular formula is C19H21FN2O2. The molecule has 126 valence electrons. The summed E-state index contributed by atoms with van der Waals surface area (Å²) in [5, 5.41) is 0. The molecule has 0 saturated carbocycles. The summed E-state index contributed by atoms with van der Waals surface area (Å²) in [4.78, 5) is 18.1. The lowest BCUT2D eigenvalue weighted by Crippen LogP contribution is -2.41. The number of carbonyl (C=O) groups excluding carboxylic acids is 1. The Balaban J connectivity index is 1.42. The van der Waals surface area contributed by atoms with E-state index in [9.17, 15) is 9.18 Å². The second-order valence-electron chi connectivity index (χ2n) is 6.13. The van der Waals surface area contributed by atoms with Gasteiger partial charge in [-0.25, -0.2) is 4.39 Å². The van der Waals surface area contributed by atoms with Crippen LogP contribution in [-0.2, 0) is 11.2 Å². The molecule has 0 N–H and O–H groups in total. The summed E-state index contributed by atoms with van der Waals surface area (Å²) in [6.07, 6.45) is 6.69. The van der Waals surface area contributed by atoms with Gasteiger partial charge in [0.15, 0.2) is 6.61 Å². The van der Waals surface area contributed by atoms with E-state index in [1.165, 1.54) is 29.8 Å². The lowest BCUT2D eigenvalue weighted by Gasteiger charge is -2.32. The molecule has 0 atom stereocenters. The molecular weight excluding hydrogens is 307 g/mol. The lowest BCUT2D eigenvalue weighted by atomic mass is 9.90. The maximum absolute atomic E-state index is 12.8. The fourth-order valence-electron chi connectivity index (χ4n) is 3.01. The van der Waals surface area contributed by atoms with Crippen molar-refractivity contribution in [1.29, 1.82) is 0 Å². The predicted octanol–water partition coefficient (Wildman–Crippen LogP) is 3.08. The van der Waals surface area contributed by atoms with Gasteiger partial charge in [-0.1, -0.05) is 0 Å². The summed E-state index contributed by atoms with van der Waals surface area (Å²) >= 11 is 0. The number of likely N-dealkylation sites (tertiary alicyclic amines) is 1. The molecule has 0 unspecified atom stereocenters. The molecule has 1 amide bonds. The van der Waals surface area contributed by atoms with Crippen molar-refractivity contribution in [3.63, 3.8) is 0 Å². The first-order chi connectivity index (χ1) is 11.7. The minimum Gasteiger partial charge on any atom is -0.484 e. The number of ether oxygens (including phenoxy) is 1. The Bertz CT molecular complexity index is 653. The van der Waals surface area contributed by atoms with E-state index in [2.05, 4.69) is 4.98 Å². The monoisotopic (exact) mass is 328 g/mol. The number of nitrogens with zero attached hydrogens (tertiary/aromatic N) is 2. The van der Waals surface area contributed by atoms with E-state index in [4.69, 9.17) is 4.74 Å². The van der Waals surface area contributed by atoms with Crippen LogP contribution in [0.3, 0.4) is 0 Å². The summed E-state index contributed by atoms with van der Waals surface area (Å²) in [6.45, 7) is 1.53. The van der Waals surface area contributed by atoms with E-state index in [0.29, 0.717) is 11.7 Å². The lowest BCUT2D eigenvalue weighted by molar-refractivity contribution is -0.134. The van der Waals surface area contributed by atoms with Crippen LogP contribution in [0.25, 0.3) is 0 Å². The van der Waals surface area contributed by atoms with Crippen molar-refractivity contribution >= 4 is 5.91 Å². The molecule has 1 saturated heterocycles. The Morgan fingerprint density at radius 3 is 2.46 bits per heavy atom. The summed E-state index contributed by atoms with van der Waals surface area (Å²) < 4.78 is 18.3. The van der Waals surface area contributed by atoms with Gasteiger partial charge in [0.05, 0.1) is 0 Å². The van der Waals surface area contributed by atoms with Crippen LogP contribution in [0, 0.1) is 11.7 Å². The highest BCUT2D eigenvalue weighted by atomic mass is 19.1. The average Bonchev–Trinajstić information content (AvgIpc) is 2.62. The average molecular weight is 328 g/mol. The second kappa shape index (κ2) is 7.90. The fourth-order valence-corrected chi connectivity index (χ4v) is 3.01. The molecule has 1 aromatic carbocycles. The van der Waals surface area contributed by atoms with E-state index in [0.717, 1.165) is 32.4 Å². The van der Waals surface area contributed by atoms with Gasteiger partial charge in [-0.05, 0) is 67.1 Å². The van der Waals surface area contributed by atoms with E-state index < -0.39 is 0 Å². The topological polar surface area (TPSA) is 42.4 Å².